The summed E-state index contributed by atoms with van der Waals surface area (Å²) in [5.41, 5.74) is 0. The van der Waals surface area contributed by atoms with Crippen molar-refractivity contribution in [1.82, 2.24) is 0 Å². The Kier molecular flexibility index (Phi) is 1560. The molecule has 0 bridgehead atoms. The maximum atomic E-state index is 8.39. The van der Waals surface area contributed by atoms with E-state index in [0.29, 0.717) is 0 Å². The molecule has 0 amide bonds. The molecule has 0 radical (unpaired) electrons. The van der Waals surface area contributed by atoms with Gasteiger partial charge in [-0.05, 0) is 0 Å². The van der Waals surface area contributed by atoms with Crippen LogP contribution in [0.1, 0.15) is 0 Å². The molecule has 0 rings (SSSR count). The normalized spacial score (nSPS) is 0.667. The molecule has 0 atom stereocenters. The molecular weight excluding hydrogens is 309 g/mol. The summed E-state index contributed by atoms with van der Waals surface area (Å²) >= 11 is 0.0556. The summed E-state index contributed by atoms with van der Waals surface area (Å²) in [7, 11) is 0. The standard InChI is InChI=1S/Al.Bi.3FH.O.4H/h;;3*1H;;;;;. The van der Waals surface area contributed by atoms with Gasteiger partial charge in [0.05, 0.1) is 0 Å². The van der Waals surface area contributed by atoms with E-state index in [0.717, 1.165) is 0 Å². The average molecular weight is 316 g/mol. The van der Waals surface area contributed by atoms with Gasteiger partial charge in [-0.3, -0.25) is 14.1 Å². The number of hydrogen-bond acceptors (Lipinski definition) is 1. The Balaban J connectivity index is -0.000000000833. The van der Waals surface area contributed by atoms with E-state index in [1.807, 2.05) is 0 Å². The van der Waals surface area contributed by atoms with E-state index in [2.05, 4.69) is 0 Å². The molecule has 42 valence electrons. The van der Waals surface area contributed by atoms with Crippen LogP contribution in [0.25, 0.3) is 0 Å². The third-order valence-electron chi connectivity index (χ3n) is 0. The summed E-state index contributed by atoms with van der Waals surface area (Å²) in [4.78, 5) is 0. The van der Waals surface area contributed by atoms with Gasteiger partial charge in [-0.15, -0.1) is 0 Å². The van der Waals surface area contributed by atoms with E-state index in [1.165, 1.54) is 0 Å². The van der Waals surface area contributed by atoms with Gasteiger partial charge in [0.15, 0.2) is 17.4 Å². The van der Waals surface area contributed by atoms with E-state index in [9.17, 15) is 0 Å². The van der Waals surface area contributed by atoms with Crippen LogP contribution in [-0.4, -0.2) is 42.1 Å². The molecule has 0 saturated heterocycles. The summed E-state index contributed by atoms with van der Waals surface area (Å²) < 4.78 is 8.39. The van der Waals surface area contributed by atoms with Crippen molar-refractivity contribution in [3.05, 3.63) is 0 Å². The molecule has 0 N–H and O–H groups in total. The van der Waals surface area contributed by atoms with E-state index in [-0.39, 0.29) is 56.2 Å². The SMILES string of the molecule is F.F.F.[AlH3].[O]=[BiH]. The fourth-order valence-corrected chi connectivity index (χ4v) is 0. The molecule has 6 heavy (non-hydrogen) atoms. The molecule has 0 aromatic heterocycles. The molecule has 0 aliphatic heterocycles. The third-order valence-corrected chi connectivity index (χ3v) is 0. The van der Waals surface area contributed by atoms with Gasteiger partial charge in [0.25, 0.3) is 0 Å². The number of hydrogen-bond donors (Lipinski definition) is 0. The molecule has 0 unspecified atom stereocenters. The Bertz CT molecular complexity index is 10.8. The van der Waals surface area contributed by atoms with Crippen LogP contribution in [0.2, 0.25) is 0 Å². The van der Waals surface area contributed by atoms with Crippen molar-refractivity contribution in [3.63, 3.8) is 0 Å². The number of halogens is 3. The van der Waals surface area contributed by atoms with Crippen molar-refractivity contribution >= 4 is 42.1 Å². The molecule has 0 fully saturated rings. The second kappa shape index (κ2) is 149. The molecule has 0 heterocycles. The van der Waals surface area contributed by atoms with Gasteiger partial charge in [0.1, 0.15) is 0 Å². The van der Waals surface area contributed by atoms with Crippen LogP contribution in [0.3, 0.4) is 0 Å². The second-order valence-electron chi connectivity index (χ2n) is 0. The van der Waals surface area contributed by atoms with E-state index < -0.39 is 0 Å². The Hall–Kier alpha value is 1.01. The van der Waals surface area contributed by atoms with Gasteiger partial charge >= 0.3 is 27.5 Å². The Morgan fingerprint density at radius 1 is 0.833 bits per heavy atom. The fourth-order valence-electron chi connectivity index (χ4n) is 0. The summed E-state index contributed by atoms with van der Waals surface area (Å²) in [5.74, 6) is 0. The van der Waals surface area contributed by atoms with Gasteiger partial charge in [0.2, 0.25) is 0 Å². The van der Waals surface area contributed by atoms with Crippen LogP contribution in [-0.2, 0) is 2.81 Å². The summed E-state index contributed by atoms with van der Waals surface area (Å²) in [6.45, 7) is 0. The van der Waals surface area contributed by atoms with E-state index in [4.69, 9.17) is 2.81 Å². The van der Waals surface area contributed by atoms with E-state index >= 15 is 0 Å². The minimum absolute atomic E-state index is 0. The van der Waals surface area contributed by atoms with Crippen LogP contribution in [0.15, 0.2) is 0 Å². The quantitative estimate of drug-likeness (QED) is 0.498. The Labute approximate surface area is 59.0 Å². The van der Waals surface area contributed by atoms with E-state index in [1.54, 1.807) is 0 Å². The van der Waals surface area contributed by atoms with Crippen LogP contribution in [0, 0.1) is 0 Å². The van der Waals surface area contributed by atoms with Gasteiger partial charge in [0, 0.05) is 0 Å². The maximum absolute atomic E-state index is 8.39. The summed E-state index contributed by atoms with van der Waals surface area (Å²) in [6, 6.07) is 0. The first-order chi connectivity index (χ1) is 1.00. The first-order valence-electron chi connectivity index (χ1n) is 0.204. The topological polar surface area (TPSA) is 17.1 Å². The molecule has 6 heteroatoms. The Morgan fingerprint density at radius 2 is 0.833 bits per heavy atom. The molecule has 0 aromatic rings. The van der Waals surface area contributed by atoms with Gasteiger partial charge in [-0.25, -0.2) is 0 Å². The van der Waals surface area contributed by atoms with Crippen LogP contribution < -0.4 is 0 Å². The third kappa shape index (κ3) is 79.4. The predicted octanol–water partition coefficient (Wildman–Crippen LogP) is -1.49. The fraction of sp³-hybridized carbons (Fsp3) is 0. The molecular formula is H7AlBiF3O. The summed E-state index contributed by atoms with van der Waals surface area (Å²) in [6.07, 6.45) is 0. The molecule has 0 spiro atoms. The van der Waals surface area contributed by atoms with Crippen LogP contribution in [0.5, 0.6) is 0 Å². The monoisotopic (exact) mass is 316 g/mol. The van der Waals surface area contributed by atoms with Crippen molar-refractivity contribution in [3.8, 4) is 0 Å². The van der Waals surface area contributed by atoms with Crippen LogP contribution >= 0.6 is 0 Å². The molecule has 1 nitrogen and oxygen atoms in total. The zero-order valence-corrected chi connectivity index (χ0v) is 6.02. The summed E-state index contributed by atoms with van der Waals surface area (Å²) in [5, 5.41) is 0. The predicted molar refractivity (Wildman–Crippen MR) is 25.3 cm³/mol. The average Bonchev–Trinajstić information content (AvgIpc) is 1.00. The second-order valence-corrected chi connectivity index (χ2v) is 0. The van der Waals surface area contributed by atoms with Crippen LogP contribution in [0.4, 0.5) is 14.1 Å². The molecule has 0 aliphatic rings. The first kappa shape index (κ1) is 62.8. The molecule has 0 saturated carbocycles. The van der Waals surface area contributed by atoms with Crippen molar-refractivity contribution < 1.29 is 16.9 Å². The van der Waals surface area contributed by atoms with Crippen molar-refractivity contribution in [2.75, 3.05) is 0 Å². The Morgan fingerprint density at radius 3 is 0.833 bits per heavy atom. The first-order valence-corrected chi connectivity index (χ1v) is 1.79. The van der Waals surface area contributed by atoms with Crippen molar-refractivity contribution in [2.45, 2.75) is 0 Å². The van der Waals surface area contributed by atoms with Gasteiger partial charge < -0.3 is 0 Å². The van der Waals surface area contributed by atoms with Gasteiger partial charge in [-0.1, -0.05) is 0 Å². The molecule has 0 aromatic carbocycles. The zero-order chi connectivity index (χ0) is 2.00. The minimum atomic E-state index is 0. The van der Waals surface area contributed by atoms with Crippen molar-refractivity contribution in [2.24, 2.45) is 0 Å². The van der Waals surface area contributed by atoms with Gasteiger partial charge in [-0.2, -0.15) is 0 Å². The molecule has 0 aliphatic carbocycles. The number of rotatable bonds is 0. The zero-order valence-electron chi connectivity index (χ0n) is 2.13. The van der Waals surface area contributed by atoms with Crippen molar-refractivity contribution in [1.29, 1.82) is 0 Å².